The summed E-state index contributed by atoms with van der Waals surface area (Å²) in [6, 6.07) is 22.5. The second kappa shape index (κ2) is 7.06. The Kier molecular flexibility index (Phi) is 4.30. The number of aromatic nitrogens is 3. The maximum atomic E-state index is 12.4. The molecular formula is C20H16N4O2. The summed E-state index contributed by atoms with van der Waals surface area (Å²) < 4.78 is 5.74. The largest absolute Gasteiger partial charge is 0.489 e. The van der Waals surface area contributed by atoms with Crippen molar-refractivity contribution in [1.29, 1.82) is 0 Å². The molecule has 0 radical (unpaired) electrons. The molecule has 0 aliphatic carbocycles. The monoisotopic (exact) mass is 344 g/mol. The van der Waals surface area contributed by atoms with Crippen molar-refractivity contribution < 1.29 is 9.53 Å². The number of carbonyl (C=O) groups excluding carboxylic acids is 1. The van der Waals surface area contributed by atoms with E-state index in [9.17, 15) is 4.79 Å². The quantitative estimate of drug-likeness (QED) is 0.577. The summed E-state index contributed by atoms with van der Waals surface area (Å²) in [5.74, 6) is 0.545. The molecule has 1 aromatic heterocycles. The molecule has 0 aliphatic rings. The fraction of sp³-hybridized carbons (Fsp3) is 0.0500. The van der Waals surface area contributed by atoms with E-state index in [-0.39, 0.29) is 5.91 Å². The third-order valence-electron chi connectivity index (χ3n) is 3.95. The molecule has 0 unspecified atom stereocenters. The van der Waals surface area contributed by atoms with Crippen LogP contribution in [0.1, 0.15) is 15.9 Å². The molecule has 0 saturated heterocycles. The van der Waals surface area contributed by atoms with E-state index in [1.807, 2.05) is 54.6 Å². The molecule has 0 atom stereocenters. The summed E-state index contributed by atoms with van der Waals surface area (Å²) >= 11 is 0. The Hall–Kier alpha value is -3.67. The fourth-order valence-corrected chi connectivity index (χ4v) is 2.56. The lowest BCUT2D eigenvalue weighted by molar-refractivity contribution is 0.102. The normalized spacial score (nSPS) is 10.6. The average Bonchev–Trinajstić information content (AvgIpc) is 3.16. The number of nitrogens with one attached hydrogen (secondary N) is 2. The molecule has 0 saturated carbocycles. The van der Waals surface area contributed by atoms with Gasteiger partial charge in [0.15, 0.2) is 0 Å². The fourth-order valence-electron chi connectivity index (χ4n) is 2.56. The van der Waals surface area contributed by atoms with Crippen molar-refractivity contribution in [3.63, 3.8) is 0 Å². The van der Waals surface area contributed by atoms with Crippen LogP contribution in [0.25, 0.3) is 11.0 Å². The van der Waals surface area contributed by atoms with Crippen molar-refractivity contribution >= 4 is 22.6 Å². The zero-order valence-electron chi connectivity index (χ0n) is 13.8. The Morgan fingerprint density at radius 2 is 1.81 bits per heavy atom. The highest BCUT2D eigenvalue weighted by atomic mass is 16.5. The molecule has 1 heterocycles. The van der Waals surface area contributed by atoms with Gasteiger partial charge in [-0.05, 0) is 48.0 Å². The molecule has 0 bridgehead atoms. The van der Waals surface area contributed by atoms with Crippen molar-refractivity contribution in [2.45, 2.75) is 6.61 Å². The molecule has 4 rings (SSSR count). The standard InChI is InChI=1S/C20H16N4O2/c25-20(15-6-11-18-19(12-15)23-24-22-18)21-16-7-9-17(10-8-16)26-13-14-4-2-1-3-5-14/h1-12H,13H2,(H,21,25)(H,22,23,24). The first kappa shape index (κ1) is 15.8. The van der Waals surface area contributed by atoms with Crippen LogP contribution in [0.15, 0.2) is 72.8 Å². The summed E-state index contributed by atoms with van der Waals surface area (Å²) in [6.07, 6.45) is 0. The minimum atomic E-state index is -0.201. The van der Waals surface area contributed by atoms with Crippen molar-refractivity contribution in [1.82, 2.24) is 15.4 Å². The number of amides is 1. The van der Waals surface area contributed by atoms with Crippen LogP contribution in [-0.2, 0) is 6.61 Å². The predicted octanol–water partition coefficient (Wildman–Crippen LogP) is 3.79. The van der Waals surface area contributed by atoms with Crippen LogP contribution in [0, 0.1) is 0 Å². The molecule has 128 valence electrons. The summed E-state index contributed by atoms with van der Waals surface area (Å²) in [5, 5.41) is 13.3. The second-order valence-electron chi connectivity index (χ2n) is 5.80. The number of ether oxygens (including phenoxy) is 1. The zero-order chi connectivity index (χ0) is 17.8. The number of hydrogen-bond donors (Lipinski definition) is 2. The first-order valence-electron chi connectivity index (χ1n) is 8.17. The van der Waals surface area contributed by atoms with Gasteiger partial charge in [-0.25, -0.2) is 0 Å². The van der Waals surface area contributed by atoms with Crippen LogP contribution >= 0.6 is 0 Å². The summed E-state index contributed by atoms with van der Waals surface area (Å²) in [4.78, 5) is 12.4. The number of nitrogens with zero attached hydrogens (tertiary/aromatic N) is 2. The van der Waals surface area contributed by atoms with Crippen LogP contribution in [0.2, 0.25) is 0 Å². The van der Waals surface area contributed by atoms with Crippen LogP contribution in [0.5, 0.6) is 5.75 Å². The molecule has 26 heavy (non-hydrogen) atoms. The molecule has 0 spiro atoms. The number of rotatable bonds is 5. The number of fused-ring (bicyclic) bond motifs is 1. The van der Waals surface area contributed by atoms with E-state index in [4.69, 9.17) is 4.74 Å². The number of benzene rings is 3. The maximum Gasteiger partial charge on any atom is 0.255 e. The Labute approximate surface area is 149 Å². The molecule has 2 N–H and O–H groups in total. The third-order valence-corrected chi connectivity index (χ3v) is 3.95. The van der Waals surface area contributed by atoms with Gasteiger partial charge in [-0.3, -0.25) is 9.89 Å². The zero-order valence-corrected chi connectivity index (χ0v) is 13.8. The number of aromatic amines is 1. The van der Waals surface area contributed by atoms with Crippen LogP contribution in [0.4, 0.5) is 5.69 Å². The molecular weight excluding hydrogens is 328 g/mol. The van der Waals surface area contributed by atoms with E-state index < -0.39 is 0 Å². The van der Waals surface area contributed by atoms with Crippen LogP contribution in [-0.4, -0.2) is 21.3 Å². The summed E-state index contributed by atoms with van der Waals surface area (Å²) in [7, 11) is 0. The van der Waals surface area contributed by atoms with E-state index in [0.717, 1.165) is 16.8 Å². The Morgan fingerprint density at radius 3 is 2.62 bits per heavy atom. The topological polar surface area (TPSA) is 79.9 Å². The van der Waals surface area contributed by atoms with Gasteiger partial charge in [0.2, 0.25) is 0 Å². The lowest BCUT2D eigenvalue weighted by Crippen LogP contribution is -2.11. The minimum absolute atomic E-state index is 0.201. The van der Waals surface area contributed by atoms with E-state index in [1.165, 1.54) is 0 Å². The minimum Gasteiger partial charge on any atom is -0.489 e. The van der Waals surface area contributed by atoms with Gasteiger partial charge in [0.25, 0.3) is 5.91 Å². The molecule has 1 amide bonds. The highest BCUT2D eigenvalue weighted by Crippen LogP contribution is 2.18. The van der Waals surface area contributed by atoms with Gasteiger partial charge in [-0.15, -0.1) is 5.10 Å². The van der Waals surface area contributed by atoms with Crippen molar-refractivity contribution in [3.8, 4) is 5.75 Å². The Bertz CT molecular complexity index is 1030. The molecule has 0 fully saturated rings. The highest BCUT2D eigenvalue weighted by Gasteiger charge is 2.08. The molecule has 3 aromatic carbocycles. The van der Waals surface area contributed by atoms with Gasteiger partial charge < -0.3 is 10.1 Å². The van der Waals surface area contributed by atoms with Gasteiger partial charge in [0.1, 0.15) is 17.9 Å². The lowest BCUT2D eigenvalue weighted by Gasteiger charge is -2.08. The van der Waals surface area contributed by atoms with Gasteiger partial charge in [-0.1, -0.05) is 35.5 Å². The van der Waals surface area contributed by atoms with Crippen molar-refractivity contribution in [3.05, 3.63) is 83.9 Å². The van der Waals surface area contributed by atoms with E-state index in [2.05, 4.69) is 20.7 Å². The van der Waals surface area contributed by atoms with E-state index in [0.29, 0.717) is 23.4 Å². The van der Waals surface area contributed by atoms with Gasteiger partial charge >= 0.3 is 0 Å². The van der Waals surface area contributed by atoms with Crippen LogP contribution < -0.4 is 10.1 Å². The Morgan fingerprint density at radius 1 is 1.00 bits per heavy atom. The highest BCUT2D eigenvalue weighted by molar-refractivity contribution is 6.05. The number of carbonyl (C=O) groups is 1. The summed E-state index contributed by atoms with van der Waals surface area (Å²) in [5.41, 5.74) is 3.77. The van der Waals surface area contributed by atoms with Crippen molar-refractivity contribution in [2.24, 2.45) is 0 Å². The first-order chi connectivity index (χ1) is 12.8. The molecule has 6 heteroatoms. The SMILES string of the molecule is O=C(Nc1ccc(OCc2ccccc2)cc1)c1ccc2[nH]nnc2c1. The van der Waals surface area contributed by atoms with E-state index >= 15 is 0 Å². The van der Waals surface area contributed by atoms with Crippen molar-refractivity contribution in [2.75, 3.05) is 5.32 Å². The average molecular weight is 344 g/mol. The molecule has 6 nitrogen and oxygen atoms in total. The summed E-state index contributed by atoms with van der Waals surface area (Å²) in [6.45, 7) is 0.504. The maximum absolute atomic E-state index is 12.4. The first-order valence-corrected chi connectivity index (χ1v) is 8.17. The Balaban J connectivity index is 1.39. The van der Waals surface area contributed by atoms with E-state index in [1.54, 1.807) is 18.2 Å². The lowest BCUT2D eigenvalue weighted by atomic mass is 10.2. The third kappa shape index (κ3) is 3.54. The van der Waals surface area contributed by atoms with Gasteiger partial charge in [-0.2, -0.15) is 0 Å². The number of H-pyrrole nitrogens is 1. The van der Waals surface area contributed by atoms with Gasteiger partial charge in [0, 0.05) is 11.3 Å². The number of anilines is 1. The molecule has 0 aliphatic heterocycles. The predicted molar refractivity (Wildman–Crippen MR) is 99.1 cm³/mol. The van der Waals surface area contributed by atoms with Gasteiger partial charge in [0.05, 0.1) is 5.52 Å². The second-order valence-corrected chi connectivity index (χ2v) is 5.80. The van der Waals surface area contributed by atoms with Crippen LogP contribution in [0.3, 0.4) is 0 Å². The number of hydrogen-bond acceptors (Lipinski definition) is 4. The smallest absolute Gasteiger partial charge is 0.255 e. The molecule has 4 aromatic rings.